The Morgan fingerprint density at radius 1 is 1.27 bits per heavy atom. The summed E-state index contributed by atoms with van der Waals surface area (Å²) < 4.78 is 4.75. The number of benzene rings is 1. The Balaban J connectivity index is 2.13. The van der Waals surface area contributed by atoms with E-state index in [0.29, 0.717) is 17.0 Å². The highest BCUT2D eigenvalue weighted by atomic mass is 35.5. The summed E-state index contributed by atoms with van der Waals surface area (Å²) in [5.74, 6) is -0.873. The zero-order valence-electron chi connectivity index (χ0n) is 12.0. The van der Waals surface area contributed by atoms with Gasteiger partial charge < -0.3 is 10.1 Å². The van der Waals surface area contributed by atoms with Crippen LogP contribution in [0.15, 0.2) is 48.8 Å². The van der Waals surface area contributed by atoms with Gasteiger partial charge >= 0.3 is 5.97 Å². The number of aromatic nitrogens is 1. The molecule has 5 nitrogen and oxygen atoms in total. The Kier molecular flexibility index (Phi) is 5.49. The quantitative estimate of drug-likeness (QED) is 0.859. The van der Waals surface area contributed by atoms with Gasteiger partial charge in [-0.1, -0.05) is 23.7 Å². The first-order chi connectivity index (χ1) is 10.6. The first kappa shape index (κ1) is 16.0. The summed E-state index contributed by atoms with van der Waals surface area (Å²) in [5.41, 5.74) is 1.26. The van der Waals surface area contributed by atoms with Crippen molar-refractivity contribution in [3.8, 4) is 0 Å². The summed E-state index contributed by atoms with van der Waals surface area (Å²) in [6.45, 7) is 0. The zero-order chi connectivity index (χ0) is 15.9. The molecule has 1 aromatic carbocycles. The van der Waals surface area contributed by atoms with Crippen LogP contribution in [0.25, 0.3) is 0 Å². The third-order valence-electron chi connectivity index (χ3n) is 3.06. The minimum Gasteiger partial charge on any atom is -0.467 e. The molecule has 1 amide bonds. The number of hydrogen-bond acceptors (Lipinski definition) is 4. The van der Waals surface area contributed by atoms with Gasteiger partial charge in [-0.3, -0.25) is 9.78 Å². The third-order valence-corrected chi connectivity index (χ3v) is 3.30. The summed E-state index contributed by atoms with van der Waals surface area (Å²) in [6.07, 6.45) is 3.32. The number of nitrogens with zero attached hydrogens (tertiary/aromatic N) is 1. The molecule has 0 fully saturated rings. The molecule has 0 radical (unpaired) electrons. The minimum atomic E-state index is -0.788. The number of rotatable bonds is 5. The Hall–Kier alpha value is -2.40. The molecule has 0 bridgehead atoms. The molecular weight excluding hydrogens is 304 g/mol. The van der Waals surface area contributed by atoms with E-state index >= 15 is 0 Å². The van der Waals surface area contributed by atoms with E-state index in [-0.39, 0.29) is 5.91 Å². The molecule has 1 aromatic heterocycles. The highest BCUT2D eigenvalue weighted by Gasteiger charge is 2.22. The van der Waals surface area contributed by atoms with E-state index in [1.165, 1.54) is 19.5 Å². The number of carbonyl (C=O) groups is 2. The Bertz CT molecular complexity index is 661. The number of pyridine rings is 1. The van der Waals surface area contributed by atoms with Gasteiger partial charge in [0.25, 0.3) is 5.91 Å². The zero-order valence-corrected chi connectivity index (χ0v) is 12.7. The average Bonchev–Trinajstić information content (AvgIpc) is 2.54. The third kappa shape index (κ3) is 4.30. The number of methoxy groups -OCH3 is 1. The Morgan fingerprint density at radius 3 is 2.64 bits per heavy atom. The molecule has 2 rings (SSSR count). The van der Waals surface area contributed by atoms with Gasteiger partial charge in [0.15, 0.2) is 0 Å². The highest BCUT2D eigenvalue weighted by Crippen LogP contribution is 2.13. The van der Waals surface area contributed by atoms with Crippen molar-refractivity contribution in [2.45, 2.75) is 12.5 Å². The smallest absolute Gasteiger partial charge is 0.328 e. The van der Waals surface area contributed by atoms with E-state index in [1.54, 1.807) is 30.3 Å². The number of amides is 1. The Labute approximate surface area is 133 Å². The van der Waals surface area contributed by atoms with Crippen molar-refractivity contribution in [3.05, 3.63) is 64.9 Å². The second-order valence-corrected chi connectivity index (χ2v) is 5.06. The predicted molar refractivity (Wildman–Crippen MR) is 82.7 cm³/mol. The lowest BCUT2D eigenvalue weighted by Crippen LogP contribution is -2.43. The van der Waals surface area contributed by atoms with Crippen LogP contribution in [0.5, 0.6) is 0 Å². The van der Waals surface area contributed by atoms with Crippen LogP contribution in [0.3, 0.4) is 0 Å². The standard InChI is InChI=1S/C16H15ClN2O3/c1-22-16(21)14(10-11-3-2-4-13(17)9-11)19-15(20)12-5-7-18-8-6-12/h2-9,14H,10H2,1H3,(H,19,20)/t14-/m0/s1. The van der Waals surface area contributed by atoms with Crippen LogP contribution in [0, 0.1) is 0 Å². The van der Waals surface area contributed by atoms with Crippen LogP contribution in [0.4, 0.5) is 0 Å². The van der Waals surface area contributed by atoms with Gasteiger partial charge in [0.1, 0.15) is 6.04 Å². The Morgan fingerprint density at radius 2 is 2.00 bits per heavy atom. The highest BCUT2D eigenvalue weighted by molar-refractivity contribution is 6.30. The first-order valence-corrected chi connectivity index (χ1v) is 7.01. The van der Waals surface area contributed by atoms with Gasteiger partial charge in [-0.25, -0.2) is 4.79 Å². The summed E-state index contributed by atoms with van der Waals surface area (Å²) in [5, 5.41) is 3.24. The maximum absolute atomic E-state index is 12.2. The molecule has 114 valence electrons. The topological polar surface area (TPSA) is 68.3 Å². The van der Waals surface area contributed by atoms with Crippen molar-refractivity contribution in [2.75, 3.05) is 7.11 Å². The number of halogens is 1. The molecule has 1 N–H and O–H groups in total. The molecule has 0 unspecified atom stereocenters. The van der Waals surface area contributed by atoms with Crippen molar-refractivity contribution in [2.24, 2.45) is 0 Å². The van der Waals surface area contributed by atoms with Crippen molar-refractivity contribution < 1.29 is 14.3 Å². The van der Waals surface area contributed by atoms with Gasteiger partial charge in [-0.05, 0) is 29.8 Å². The van der Waals surface area contributed by atoms with Crippen LogP contribution in [0.2, 0.25) is 5.02 Å². The van der Waals surface area contributed by atoms with Crippen LogP contribution in [-0.4, -0.2) is 30.0 Å². The number of nitrogens with one attached hydrogen (secondary N) is 1. The van der Waals surface area contributed by atoms with Crippen molar-refractivity contribution in [1.29, 1.82) is 0 Å². The van der Waals surface area contributed by atoms with Gasteiger partial charge in [0.2, 0.25) is 0 Å². The van der Waals surface area contributed by atoms with E-state index in [9.17, 15) is 9.59 Å². The lowest BCUT2D eigenvalue weighted by atomic mass is 10.1. The second-order valence-electron chi connectivity index (χ2n) is 4.62. The van der Waals surface area contributed by atoms with E-state index in [1.807, 2.05) is 6.07 Å². The van der Waals surface area contributed by atoms with E-state index in [4.69, 9.17) is 16.3 Å². The largest absolute Gasteiger partial charge is 0.467 e. The molecule has 0 aliphatic carbocycles. The van der Waals surface area contributed by atoms with E-state index in [0.717, 1.165) is 5.56 Å². The maximum atomic E-state index is 12.2. The minimum absolute atomic E-state index is 0.296. The molecular formula is C16H15ClN2O3. The molecule has 0 aliphatic rings. The summed E-state index contributed by atoms with van der Waals surface area (Å²) in [7, 11) is 1.28. The van der Waals surface area contributed by atoms with Crippen molar-refractivity contribution >= 4 is 23.5 Å². The number of esters is 1. The lowest BCUT2D eigenvalue weighted by Gasteiger charge is -2.16. The maximum Gasteiger partial charge on any atom is 0.328 e. The fraction of sp³-hybridized carbons (Fsp3) is 0.188. The van der Waals surface area contributed by atoms with Crippen molar-refractivity contribution in [3.63, 3.8) is 0 Å². The van der Waals surface area contributed by atoms with Crippen LogP contribution < -0.4 is 5.32 Å². The van der Waals surface area contributed by atoms with Crippen LogP contribution in [0.1, 0.15) is 15.9 Å². The van der Waals surface area contributed by atoms with Crippen LogP contribution in [-0.2, 0) is 16.0 Å². The van der Waals surface area contributed by atoms with E-state index in [2.05, 4.69) is 10.3 Å². The molecule has 22 heavy (non-hydrogen) atoms. The fourth-order valence-electron chi connectivity index (χ4n) is 1.98. The summed E-state index contributed by atoms with van der Waals surface area (Å²) in [4.78, 5) is 27.9. The summed E-state index contributed by atoms with van der Waals surface area (Å²) >= 11 is 5.93. The van der Waals surface area contributed by atoms with Gasteiger partial charge in [-0.15, -0.1) is 0 Å². The molecule has 2 aromatic rings. The molecule has 0 aliphatic heterocycles. The van der Waals surface area contributed by atoms with Gasteiger partial charge in [-0.2, -0.15) is 0 Å². The molecule has 0 saturated heterocycles. The number of hydrogen-bond donors (Lipinski definition) is 1. The normalized spacial score (nSPS) is 11.5. The number of carbonyl (C=O) groups excluding carboxylic acids is 2. The SMILES string of the molecule is COC(=O)[C@H](Cc1cccc(Cl)c1)NC(=O)c1ccncc1. The van der Waals surface area contributed by atoms with Crippen LogP contribution >= 0.6 is 11.6 Å². The molecule has 0 spiro atoms. The fourth-order valence-corrected chi connectivity index (χ4v) is 2.19. The lowest BCUT2D eigenvalue weighted by molar-refractivity contribution is -0.142. The monoisotopic (exact) mass is 318 g/mol. The molecule has 1 heterocycles. The average molecular weight is 319 g/mol. The van der Waals surface area contributed by atoms with E-state index < -0.39 is 12.0 Å². The van der Waals surface area contributed by atoms with Gasteiger partial charge in [0.05, 0.1) is 7.11 Å². The first-order valence-electron chi connectivity index (χ1n) is 6.63. The molecule has 0 saturated carbocycles. The second kappa shape index (κ2) is 7.56. The van der Waals surface area contributed by atoms with Crippen molar-refractivity contribution in [1.82, 2.24) is 10.3 Å². The van der Waals surface area contributed by atoms with Gasteiger partial charge in [0, 0.05) is 29.4 Å². The molecule has 1 atom stereocenters. The molecule has 6 heteroatoms. The number of ether oxygens (including phenoxy) is 1. The predicted octanol–water partition coefficient (Wildman–Crippen LogP) is 2.25. The summed E-state index contributed by atoms with van der Waals surface area (Å²) in [6, 6.07) is 9.47.